The number of hydrogen-bond donors (Lipinski definition) is 0. The summed E-state index contributed by atoms with van der Waals surface area (Å²) in [5, 5.41) is 0.810. The first-order valence-corrected chi connectivity index (χ1v) is 9.28. The Morgan fingerprint density at radius 1 is 1.04 bits per heavy atom. The summed E-state index contributed by atoms with van der Waals surface area (Å²) in [6.45, 7) is 2.60. The van der Waals surface area contributed by atoms with Crippen molar-refractivity contribution in [3.8, 4) is 17.2 Å². The fraction of sp³-hybridized carbons (Fsp3) is 0.474. The highest BCUT2D eigenvalue weighted by Crippen LogP contribution is 2.44. The Bertz CT molecular complexity index is 780. The van der Waals surface area contributed by atoms with Crippen molar-refractivity contribution in [2.75, 3.05) is 27.9 Å². The van der Waals surface area contributed by atoms with Gasteiger partial charge in [-0.1, -0.05) is 13.3 Å². The number of hydrogen-bond acceptors (Lipinski definition) is 7. The zero-order valence-corrected chi connectivity index (χ0v) is 16.4. The largest absolute Gasteiger partial charge is 0.493 e. The summed E-state index contributed by atoms with van der Waals surface area (Å²) in [5.74, 6) is 1.17. The maximum absolute atomic E-state index is 12.7. The van der Waals surface area contributed by atoms with Crippen molar-refractivity contribution >= 4 is 33.2 Å². The average molecular weight is 380 g/mol. The van der Waals surface area contributed by atoms with Crippen molar-refractivity contribution < 1.29 is 28.5 Å². The van der Waals surface area contributed by atoms with Crippen LogP contribution in [0.1, 0.15) is 42.3 Å². The molecule has 1 aromatic heterocycles. The monoisotopic (exact) mass is 380 g/mol. The van der Waals surface area contributed by atoms with Crippen LogP contribution in [0.2, 0.25) is 0 Å². The molecule has 142 valence electrons. The van der Waals surface area contributed by atoms with Gasteiger partial charge in [-0.25, -0.2) is 0 Å². The second-order valence-electron chi connectivity index (χ2n) is 5.66. The van der Waals surface area contributed by atoms with Crippen LogP contribution in [0, 0.1) is 0 Å². The molecule has 7 heteroatoms. The highest BCUT2D eigenvalue weighted by Gasteiger charge is 2.22. The van der Waals surface area contributed by atoms with Gasteiger partial charge in [-0.2, -0.15) is 0 Å². The number of unbranched alkanes of at least 4 members (excludes halogenated alkanes) is 1. The topological polar surface area (TPSA) is 71.1 Å². The maximum atomic E-state index is 12.7. The molecule has 2 rings (SSSR count). The van der Waals surface area contributed by atoms with Gasteiger partial charge in [-0.3, -0.25) is 9.59 Å². The van der Waals surface area contributed by atoms with Crippen molar-refractivity contribution in [1.29, 1.82) is 0 Å². The zero-order valence-electron chi connectivity index (χ0n) is 15.5. The lowest BCUT2D eigenvalue weighted by Gasteiger charge is -2.09. The van der Waals surface area contributed by atoms with E-state index in [0.717, 1.165) is 22.9 Å². The van der Waals surface area contributed by atoms with Crippen LogP contribution in [0.4, 0.5) is 0 Å². The third-order valence-corrected chi connectivity index (χ3v) is 5.10. The number of carbonyl (C=O) groups excluding carboxylic acids is 2. The standard InChI is InChI=1S/C19H24O6S/c1-5-6-9-25-18-12-10-14(22-2)15(23-3)11-16(12)26-19(18)13(20)7-8-17(21)24-4/h10-11H,5-9H2,1-4H3. The Morgan fingerprint density at radius 3 is 2.35 bits per heavy atom. The lowest BCUT2D eigenvalue weighted by Crippen LogP contribution is -2.06. The van der Waals surface area contributed by atoms with Crippen molar-refractivity contribution in [3.63, 3.8) is 0 Å². The molecule has 26 heavy (non-hydrogen) atoms. The summed E-state index contributed by atoms with van der Waals surface area (Å²) in [7, 11) is 4.44. The average Bonchev–Trinajstić information content (AvgIpc) is 3.02. The van der Waals surface area contributed by atoms with Crippen LogP contribution in [0.15, 0.2) is 12.1 Å². The van der Waals surface area contributed by atoms with Crippen LogP contribution < -0.4 is 14.2 Å². The lowest BCUT2D eigenvalue weighted by molar-refractivity contribution is -0.140. The second-order valence-corrected chi connectivity index (χ2v) is 6.72. The van der Waals surface area contributed by atoms with Crippen LogP contribution in [-0.2, 0) is 9.53 Å². The van der Waals surface area contributed by atoms with E-state index in [1.807, 2.05) is 12.1 Å². The third-order valence-electron chi connectivity index (χ3n) is 3.93. The Hall–Kier alpha value is -2.28. The van der Waals surface area contributed by atoms with Crippen molar-refractivity contribution in [1.82, 2.24) is 0 Å². The minimum absolute atomic E-state index is 0.0463. The van der Waals surface area contributed by atoms with Crippen LogP contribution in [0.25, 0.3) is 10.1 Å². The van der Waals surface area contributed by atoms with Gasteiger partial charge in [0.1, 0.15) is 10.6 Å². The van der Waals surface area contributed by atoms with E-state index in [1.165, 1.54) is 18.4 Å². The first-order chi connectivity index (χ1) is 12.5. The summed E-state index contributed by atoms with van der Waals surface area (Å²) in [6.07, 6.45) is 2.01. The molecule has 2 aromatic rings. The fourth-order valence-corrected chi connectivity index (χ4v) is 3.60. The van der Waals surface area contributed by atoms with E-state index >= 15 is 0 Å². The first kappa shape index (κ1) is 20.0. The van der Waals surface area contributed by atoms with Gasteiger partial charge < -0.3 is 18.9 Å². The summed E-state index contributed by atoms with van der Waals surface area (Å²) in [4.78, 5) is 24.5. The molecule has 6 nitrogen and oxygen atoms in total. The summed E-state index contributed by atoms with van der Waals surface area (Å²) >= 11 is 1.34. The van der Waals surface area contributed by atoms with Crippen LogP contribution in [0.3, 0.4) is 0 Å². The Morgan fingerprint density at radius 2 is 1.73 bits per heavy atom. The quantitative estimate of drug-likeness (QED) is 0.349. The summed E-state index contributed by atoms with van der Waals surface area (Å²) < 4.78 is 22.1. The van der Waals surface area contributed by atoms with Crippen LogP contribution >= 0.6 is 11.3 Å². The smallest absolute Gasteiger partial charge is 0.305 e. The van der Waals surface area contributed by atoms with Gasteiger partial charge in [-0.15, -0.1) is 11.3 Å². The van der Waals surface area contributed by atoms with Gasteiger partial charge in [-0.05, 0) is 12.5 Å². The van der Waals surface area contributed by atoms with Crippen molar-refractivity contribution in [2.24, 2.45) is 0 Å². The number of fused-ring (bicyclic) bond motifs is 1. The molecule has 1 aromatic carbocycles. The van der Waals surface area contributed by atoms with Gasteiger partial charge >= 0.3 is 5.97 Å². The molecule has 0 aliphatic heterocycles. The number of ether oxygens (including phenoxy) is 4. The highest BCUT2D eigenvalue weighted by atomic mass is 32.1. The van der Waals surface area contributed by atoms with E-state index in [-0.39, 0.29) is 18.6 Å². The Labute approximate surface area is 157 Å². The Kier molecular flexibility index (Phi) is 7.26. The van der Waals surface area contributed by atoms with Crippen LogP contribution in [-0.4, -0.2) is 39.7 Å². The molecule has 0 amide bonds. The molecule has 0 saturated heterocycles. The molecule has 1 heterocycles. The number of carbonyl (C=O) groups is 2. The number of Topliss-reactive ketones (excluding diaryl/α,β-unsaturated/α-hetero) is 1. The maximum Gasteiger partial charge on any atom is 0.305 e. The molecule has 0 fully saturated rings. The van der Waals surface area contributed by atoms with Crippen molar-refractivity contribution in [3.05, 3.63) is 17.0 Å². The van der Waals surface area contributed by atoms with Gasteiger partial charge in [0.25, 0.3) is 0 Å². The SMILES string of the molecule is CCCCOc1c(C(=O)CCC(=O)OC)sc2cc(OC)c(OC)cc12. The van der Waals surface area contributed by atoms with Gasteiger partial charge in [0.2, 0.25) is 0 Å². The van der Waals surface area contributed by atoms with Gasteiger partial charge in [0.15, 0.2) is 17.3 Å². The molecule has 0 N–H and O–H groups in total. The molecule has 0 aliphatic carbocycles. The summed E-state index contributed by atoms with van der Waals surface area (Å²) in [5.41, 5.74) is 0. The van der Waals surface area contributed by atoms with Gasteiger partial charge in [0, 0.05) is 22.6 Å². The number of benzene rings is 1. The number of esters is 1. The molecule has 0 atom stereocenters. The van der Waals surface area contributed by atoms with Crippen LogP contribution in [0.5, 0.6) is 17.2 Å². The molecule has 0 saturated carbocycles. The molecule has 0 spiro atoms. The van der Waals surface area contributed by atoms with Gasteiger partial charge in [0.05, 0.1) is 34.4 Å². The van der Waals surface area contributed by atoms with Crippen molar-refractivity contribution in [2.45, 2.75) is 32.6 Å². The molecule has 0 radical (unpaired) electrons. The fourth-order valence-electron chi connectivity index (χ4n) is 2.48. The number of ketones is 1. The minimum atomic E-state index is -0.406. The molecule has 0 bridgehead atoms. The predicted octanol–water partition coefficient (Wildman–Crippen LogP) is 4.23. The molecule has 0 unspecified atom stereocenters. The van der Waals surface area contributed by atoms with E-state index in [2.05, 4.69) is 11.7 Å². The Balaban J connectivity index is 2.43. The van der Waals surface area contributed by atoms with E-state index < -0.39 is 5.97 Å². The second kappa shape index (κ2) is 9.43. The predicted molar refractivity (Wildman–Crippen MR) is 101 cm³/mol. The third kappa shape index (κ3) is 4.46. The molecular formula is C19H24O6S. The molecule has 0 aliphatic rings. The highest BCUT2D eigenvalue weighted by molar-refractivity contribution is 7.21. The van der Waals surface area contributed by atoms with E-state index in [4.69, 9.17) is 14.2 Å². The summed E-state index contributed by atoms with van der Waals surface area (Å²) in [6, 6.07) is 3.66. The normalized spacial score (nSPS) is 10.6. The van der Waals surface area contributed by atoms with E-state index in [0.29, 0.717) is 28.7 Å². The molecular weight excluding hydrogens is 356 g/mol. The lowest BCUT2D eigenvalue weighted by atomic mass is 10.1. The number of thiophene rings is 1. The van der Waals surface area contributed by atoms with E-state index in [1.54, 1.807) is 14.2 Å². The van der Waals surface area contributed by atoms with E-state index in [9.17, 15) is 9.59 Å². The first-order valence-electron chi connectivity index (χ1n) is 8.47. The zero-order chi connectivity index (χ0) is 19.1. The number of rotatable bonds is 10. The minimum Gasteiger partial charge on any atom is -0.493 e. The number of methoxy groups -OCH3 is 3.